The van der Waals surface area contributed by atoms with Crippen molar-refractivity contribution in [3.63, 3.8) is 0 Å². The Morgan fingerprint density at radius 3 is 2.37 bits per heavy atom. The largest absolute Gasteiger partial charge is 0.490 e. The second-order valence-corrected chi connectivity index (χ2v) is 5.88. The maximum absolute atomic E-state index is 12.0. The zero-order valence-corrected chi connectivity index (χ0v) is 14.7. The minimum absolute atomic E-state index is 0.101. The summed E-state index contributed by atoms with van der Waals surface area (Å²) in [5, 5.41) is 17.5. The van der Waals surface area contributed by atoms with E-state index in [1.54, 1.807) is 48.5 Å². The van der Waals surface area contributed by atoms with E-state index in [-0.39, 0.29) is 18.9 Å². The molecule has 138 valence electrons. The lowest BCUT2D eigenvalue weighted by Gasteiger charge is -2.08. The highest BCUT2D eigenvalue weighted by Crippen LogP contribution is 2.24. The van der Waals surface area contributed by atoms with E-state index in [1.807, 2.05) is 0 Å². The Bertz CT molecular complexity index is 941. The summed E-state index contributed by atoms with van der Waals surface area (Å²) in [6.45, 7) is 0.185. The van der Waals surface area contributed by atoms with E-state index in [9.17, 15) is 14.9 Å². The summed E-state index contributed by atoms with van der Waals surface area (Å²) in [4.78, 5) is 25.3. The third-order valence-corrected chi connectivity index (χ3v) is 3.70. The number of benzene rings is 2. The smallest absolute Gasteiger partial charge is 0.457 e. The van der Waals surface area contributed by atoms with Gasteiger partial charge in [0.2, 0.25) is 12.2 Å². The number of carbonyl (C=O) groups is 1. The van der Waals surface area contributed by atoms with Crippen LogP contribution in [-0.2, 0) is 11.3 Å². The van der Waals surface area contributed by atoms with E-state index in [1.165, 1.54) is 11.0 Å². The molecule has 10 heteroatoms. The van der Waals surface area contributed by atoms with Crippen LogP contribution in [0.5, 0.6) is 11.5 Å². The van der Waals surface area contributed by atoms with Gasteiger partial charge in [-0.05, 0) is 53.5 Å². The number of nitrogens with one attached hydrogen (secondary N) is 1. The number of hydrogen-bond donors (Lipinski definition) is 1. The molecular formula is C17H14ClN5O4. The van der Waals surface area contributed by atoms with Crippen LogP contribution < -0.4 is 10.1 Å². The van der Waals surface area contributed by atoms with Crippen LogP contribution in [0.4, 0.5) is 11.6 Å². The van der Waals surface area contributed by atoms with E-state index in [2.05, 4.69) is 15.4 Å². The van der Waals surface area contributed by atoms with E-state index in [0.717, 1.165) is 0 Å². The van der Waals surface area contributed by atoms with Gasteiger partial charge < -0.3 is 20.2 Å². The van der Waals surface area contributed by atoms with Crippen LogP contribution in [0.1, 0.15) is 6.42 Å². The Morgan fingerprint density at radius 1 is 1.15 bits per heavy atom. The van der Waals surface area contributed by atoms with Crippen molar-refractivity contribution in [3.05, 3.63) is 70.0 Å². The molecule has 0 aliphatic rings. The van der Waals surface area contributed by atoms with Gasteiger partial charge in [0, 0.05) is 22.2 Å². The van der Waals surface area contributed by atoms with Crippen LogP contribution >= 0.6 is 11.6 Å². The van der Waals surface area contributed by atoms with Gasteiger partial charge in [0.25, 0.3) is 0 Å². The zero-order valence-electron chi connectivity index (χ0n) is 13.9. The number of aryl methyl sites for hydroxylation is 1. The number of anilines is 1. The highest BCUT2D eigenvalue weighted by molar-refractivity contribution is 6.30. The molecule has 0 atom stereocenters. The number of halogens is 1. The monoisotopic (exact) mass is 387 g/mol. The molecule has 0 saturated carbocycles. The molecule has 1 N–H and O–H groups in total. The Morgan fingerprint density at radius 2 is 1.78 bits per heavy atom. The average Bonchev–Trinajstić information content (AvgIpc) is 3.13. The van der Waals surface area contributed by atoms with Crippen molar-refractivity contribution >= 4 is 29.1 Å². The van der Waals surface area contributed by atoms with E-state index in [4.69, 9.17) is 16.3 Å². The molecule has 0 unspecified atom stereocenters. The summed E-state index contributed by atoms with van der Waals surface area (Å²) < 4.78 is 6.93. The predicted octanol–water partition coefficient (Wildman–Crippen LogP) is 3.66. The standard InChI is InChI=1S/C17H14ClN5O4/c18-12-1-5-14(6-2-12)27-15-7-3-13(4-8-15)20-16(24)9-10-22-11-19-17(21-22)23(25)26/h1-8,11H,9-10H2,(H,20,24). The lowest BCUT2D eigenvalue weighted by Crippen LogP contribution is -2.14. The fraction of sp³-hybridized carbons (Fsp3) is 0.118. The number of nitrogens with zero attached hydrogens (tertiary/aromatic N) is 4. The Hall–Kier alpha value is -3.46. The number of rotatable bonds is 7. The van der Waals surface area contributed by atoms with Gasteiger partial charge in [-0.2, -0.15) is 4.68 Å². The van der Waals surface area contributed by atoms with Gasteiger partial charge in [-0.3, -0.25) is 4.79 Å². The first kappa shape index (κ1) is 18.3. The molecule has 0 spiro atoms. The Balaban J connectivity index is 1.50. The molecule has 27 heavy (non-hydrogen) atoms. The molecular weight excluding hydrogens is 374 g/mol. The second kappa shape index (κ2) is 8.28. The van der Waals surface area contributed by atoms with Crippen molar-refractivity contribution < 1.29 is 14.5 Å². The number of ether oxygens (including phenoxy) is 1. The van der Waals surface area contributed by atoms with Gasteiger partial charge in [-0.1, -0.05) is 16.6 Å². The molecule has 0 bridgehead atoms. The maximum atomic E-state index is 12.0. The molecule has 1 heterocycles. The zero-order chi connectivity index (χ0) is 19.2. The lowest BCUT2D eigenvalue weighted by atomic mass is 10.3. The quantitative estimate of drug-likeness (QED) is 0.489. The van der Waals surface area contributed by atoms with Gasteiger partial charge in [0.05, 0.1) is 6.54 Å². The lowest BCUT2D eigenvalue weighted by molar-refractivity contribution is -0.394. The van der Waals surface area contributed by atoms with Crippen molar-refractivity contribution in [1.29, 1.82) is 0 Å². The molecule has 9 nitrogen and oxygen atoms in total. The van der Waals surface area contributed by atoms with Gasteiger partial charge in [-0.15, -0.1) is 0 Å². The number of amides is 1. The topological polar surface area (TPSA) is 112 Å². The molecule has 0 aliphatic carbocycles. The summed E-state index contributed by atoms with van der Waals surface area (Å²) in [6, 6.07) is 13.9. The summed E-state index contributed by atoms with van der Waals surface area (Å²) >= 11 is 5.83. The highest BCUT2D eigenvalue weighted by atomic mass is 35.5. The van der Waals surface area contributed by atoms with Crippen LogP contribution in [0.2, 0.25) is 5.02 Å². The molecule has 1 aromatic heterocycles. The summed E-state index contributed by atoms with van der Waals surface area (Å²) in [5.41, 5.74) is 0.605. The van der Waals surface area contributed by atoms with Crippen molar-refractivity contribution in [3.8, 4) is 11.5 Å². The van der Waals surface area contributed by atoms with E-state index < -0.39 is 10.9 Å². The molecule has 2 aromatic carbocycles. The van der Waals surface area contributed by atoms with Gasteiger partial charge in [-0.25, -0.2) is 0 Å². The van der Waals surface area contributed by atoms with E-state index in [0.29, 0.717) is 22.2 Å². The van der Waals surface area contributed by atoms with Crippen LogP contribution in [0.15, 0.2) is 54.9 Å². The van der Waals surface area contributed by atoms with Crippen LogP contribution in [0, 0.1) is 10.1 Å². The molecule has 1 amide bonds. The van der Waals surface area contributed by atoms with Crippen molar-refractivity contribution in [2.24, 2.45) is 0 Å². The van der Waals surface area contributed by atoms with Crippen LogP contribution in [-0.4, -0.2) is 25.6 Å². The summed E-state index contributed by atoms with van der Waals surface area (Å²) in [5.74, 6) is 0.523. The summed E-state index contributed by atoms with van der Waals surface area (Å²) in [6.07, 6.45) is 1.32. The SMILES string of the molecule is O=C(CCn1cnc([N+](=O)[O-])n1)Nc1ccc(Oc2ccc(Cl)cc2)cc1. The number of aromatic nitrogens is 3. The third kappa shape index (κ3) is 5.25. The molecule has 0 aliphatic heterocycles. The van der Waals surface area contributed by atoms with Crippen molar-refractivity contribution in [2.75, 3.05) is 5.32 Å². The van der Waals surface area contributed by atoms with Crippen LogP contribution in [0.3, 0.4) is 0 Å². The Kier molecular flexibility index (Phi) is 5.62. The van der Waals surface area contributed by atoms with Crippen LogP contribution in [0.25, 0.3) is 0 Å². The first-order chi connectivity index (χ1) is 13.0. The van der Waals surface area contributed by atoms with E-state index >= 15 is 0 Å². The minimum Gasteiger partial charge on any atom is -0.457 e. The maximum Gasteiger partial charge on any atom is 0.490 e. The first-order valence-electron chi connectivity index (χ1n) is 7.87. The summed E-state index contributed by atoms with van der Waals surface area (Å²) in [7, 11) is 0. The van der Waals surface area contributed by atoms with Crippen molar-refractivity contribution in [1.82, 2.24) is 14.8 Å². The van der Waals surface area contributed by atoms with Gasteiger partial charge in [0.1, 0.15) is 11.5 Å². The first-order valence-corrected chi connectivity index (χ1v) is 8.24. The van der Waals surface area contributed by atoms with Gasteiger partial charge in [0.15, 0.2) is 0 Å². The third-order valence-electron chi connectivity index (χ3n) is 3.44. The highest BCUT2D eigenvalue weighted by Gasteiger charge is 2.13. The van der Waals surface area contributed by atoms with Crippen molar-refractivity contribution in [2.45, 2.75) is 13.0 Å². The number of nitro groups is 1. The Labute approximate surface area is 158 Å². The fourth-order valence-electron chi connectivity index (χ4n) is 2.16. The average molecular weight is 388 g/mol. The molecule has 3 aromatic rings. The molecule has 0 radical (unpaired) electrons. The molecule has 0 fully saturated rings. The number of carbonyl (C=O) groups excluding carboxylic acids is 1. The fourth-order valence-corrected chi connectivity index (χ4v) is 2.29. The predicted molar refractivity (Wildman–Crippen MR) is 97.9 cm³/mol. The minimum atomic E-state index is -0.690. The number of hydrogen-bond acceptors (Lipinski definition) is 6. The molecule has 0 saturated heterocycles. The molecule has 3 rings (SSSR count). The van der Waals surface area contributed by atoms with Gasteiger partial charge >= 0.3 is 5.95 Å². The second-order valence-electron chi connectivity index (χ2n) is 5.44. The normalized spacial score (nSPS) is 10.4.